The lowest BCUT2D eigenvalue weighted by Crippen LogP contribution is -2.58. The van der Waals surface area contributed by atoms with Crippen LogP contribution in [0.25, 0.3) is 0 Å². The first kappa shape index (κ1) is 13.8. The van der Waals surface area contributed by atoms with Crippen LogP contribution in [0.1, 0.15) is 39.0 Å². The molecule has 1 saturated carbocycles. The zero-order valence-electron chi connectivity index (χ0n) is 11.7. The van der Waals surface area contributed by atoms with E-state index in [2.05, 4.69) is 17.1 Å². The number of esters is 1. The fraction of sp³-hybridized carbons (Fsp3) is 0.929. The van der Waals surface area contributed by atoms with Gasteiger partial charge < -0.3 is 10.1 Å². The zero-order chi connectivity index (χ0) is 13.0. The maximum atomic E-state index is 12.4. The highest BCUT2D eigenvalue weighted by atomic mass is 16.5. The van der Waals surface area contributed by atoms with Gasteiger partial charge in [-0.15, -0.1) is 0 Å². The summed E-state index contributed by atoms with van der Waals surface area (Å²) in [5.74, 6) is 0.602. The van der Waals surface area contributed by atoms with Gasteiger partial charge in [0.2, 0.25) is 0 Å². The summed E-state index contributed by atoms with van der Waals surface area (Å²) >= 11 is 0. The first-order valence-corrected chi connectivity index (χ1v) is 7.23. The highest BCUT2D eigenvalue weighted by Gasteiger charge is 2.47. The van der Waals surface area contributed by atoms with E-state index in [1.165, 1.54) is 13.5 Å². The molecule has 104 valence electrons. The van der Waals surface area contributed by atoms with E-state index in [0.29, 0.717) is 5.92 Å². The van der Waals surface area contributed by atoms with E-state index in [4.69, 9.17) is 4.74 Å². The maximum Gasteiger partial charge on any atom is 0.326 e. The number of nitrogens with one attached hydrogen (secondary N) is 1. The Labute approximate surface area is 110 Å². The van der Waals surface area contributed by atoms with E-state index in [0.717, 1.165) is 51.9 Å². The zero-order valence-corrected chi connectivity index (χ0v) is 11.7. The Morgan fingerprint density at radius 1 is 1.33 bits per heavy atom. The molecule has 2 unspecified atom stereocenters. The molecule has 1 N–H and O–H groups in total. The van der Waals surface area contributed by atoms with Gasteiger partial charge in [-0.2, -0.15) is 0 Å². The fourth-order valence-corrected chi connectivity index (χ4v) is 3.59. The highest BCUT2D eigenvalue weighted by molar-refractivity contribution is 5.81. The Morgan fingerprint density at radius 3 is 2.89 bits per heavy atom. The number of methoxy groups -OCH3 is 1. The molecule has 4 nitrogen and oxygen atoms in total. The van der Waals surface area contributed by atoms with Crippen LogP contribution in [0.2, 0.25) is 0 Å². The minimum atomic E-state index is -0.349. The van der Waals surface area contributed by atoms with Crippen molar-refractivity contribution >= 4 is 5.97 Å². The lowest BCUT2D eigenvalue weighted by Gasteiger charge is -2.45. The van der Waals surface area contributed by atoms with Gasteiger partial charge in [0.05, 0.1) is 7.11 Å². The molecule has 0 bridgehead atoms. The van der Waals surface area contributed by atoms with Gasteiger partial charge in [-0.25, -0.2) is 0 Å². The van der Waals surface area contributed by atoms with E-state index in [1.807, 2.05) is 0 Å². The van der Waals surface area contributed by atoms with Crippen molar-refractivity contribution in [2.24, 2.45) is 5.92 Å². The molecule has 2 aliphatic rings. The van der Waals surface area contributed by atoms with Gasteiger partial charge in [-0.3, -0.25) is 9.69 Å². The van der Waals surface area contributed by atoms with Gasteiger partial charge in [0, 0.05) is 19.6 Å². The number of rotatable bonds is 2. The maximum absolute atomic E-state index is 12.4. The van der Waals surface area contributed by atoms with Gasteiger partial charge in [0.1, 0.15) is 5.54 Å². The molecule has 2 rings (SSSR count). The Balaban J connectivity index is 2.19. The van der Waals surface area contributed by atoms with Gasteiger partial charge in [0.25, 0.3) is 0 Å². The van der Waals surface area contributed by atoms with Crippen LogP contribution < -0.4 is 5.32 Å². The molecule has 0 aromatic rings. The molecule has 0 amide bonds. The van der Waals surface area contributed by atoms with E-state index < -0.39 is 0 Å². The molecule has 0 spiro atoms. The normalized spacial score (nSPS) is 34.9. The van der Waals surface area contributed by atoms with Crippen molar-refractivity contribution < 1.29 is 9.53 Å². The third-order valence-corrected chi connectivity index (χ3v) is 4.48. The summed E-state index contributed by atoms with van der Waals surface area (Å²) in [6.07, 6.45) is 5.42. The van der Waals surface area contributed by atoms with Crippen LogP contribution in [0.5, 0.6) is 0 Å². The topological polar surface area (TPSA) is 41.6 Å². The lowest BCUT2D eigenvalue weighted by atomic mass is 9.75. The van der Waals surface area contributed by atoms with Crippen molar-refractivity contribution in [2.75, 3.05) is 33.3 Å². The van der Waals surface area contributed by atoms with Gasteiger partial charge >= 0.3 is 5.97 Å². The monoisotopic (exact) mass is 254 g/mol. The standard InChI is InChI=1S/C14H26N2O2/c1-12-5-3-6-14(11-12,13(17)18-2)16-9-4-7-15-8-10-16/h12,15H,3-11H2,1-2H3. The van der Waals surface area contributed by atoms with Crippen molar-refractivity contribution in [1.82, 2.24) is 10.2 Å². The highest BCUT2D eigenvalue weighted by Crippen LogP contribution is 2.38. The summed E-state index contributed by atoms with van der Waals surface area (Å²) in [4.78, 5) is 14.7. The summed E-state index contributed by atoms with van der Waals surface area (Å²) in [7, 11) is 1.53. The second kappa shape index (κ2) is 6.02. The molecule has 2 atom stereocenters. The number of carbonyl (C=O) groups excluding carboxylic acids is 1. The molecular formula is C14H26N2O2. The average Bonchev–Trinajstić information content (AvgIpc) is 2.66. The van der Waals surface area contributed by atoms with Crippen molar-refractivity contribution in [1.29, 1.82) is 0 Å². The summed E-state index contributed by atoms with van der Waals surface area (Å²) in [6, 6.07) is 0. The SMILES string of the molecule is COC(=O)C1(N2CCCNCC2)CCCC(C)C1. The molecule has 0 radical (unpaired) electrons. The molecule has 1 heterocycles. The average molecular weight is 254 g/mol. The lowest BCUT2D eigenvalue weighted by molar-refractivity contribution is -0.159. The Kier molecular flexibility index (Phi) is 4.62. The Morgan fingerprint density at radius 2 is 2.17 bits per heavy atom. The summed E-state index contributed by atoms with van der Waals surface area (Å²) in [5.41, 5.74) is -0.349. The van der Waals surface area contributed by atoms with E-state index >= 15 is 0 Å². The Hall–Kier alpha value is -0.610. The predicted molar refractivity (Wildman–Crippen MR) is 71.4 cm³/mol. The fourth-order valence-electron chi connectivity index (χ4n) is 3.59. The number of hydrogen-bond donors (Lipinski definition) is 1. The molecule has 1 aliphatic heterocycles. The van der Waals surface area contributed by atoms with Crippen LogP contribution in [-0.4, -0.2) is 49.7 Å². The van der Waals surface area contributed by atoms with Crippen LogP contribution in [0.3, 0.4) is 0 Å². The molecule has 1 aliphatic carbocycles. The van der Waals surface area contributed by atoms with Crippen LogP contribution in [-0.2, 0) is 9.53 Å². The number of ether oxygens (including phenoxy) is 1. The molecule has 2 fully saturated rings. The predicted octanol–water partition coefficient (Wildman–Crippen LogP) is 1.40. The van der Waals surface area contributed by atoms with E-state index in [1.54, 1.807) is 0 Å². The van der Waals surface area contributed by atoms with Crippen LogP contribution >= 0.6 is 0 Å². The summed E-state index contributed by atoms with van der Waals surface area (Å²) < 4.78 is 5.13. The largest absolute Gasteiger partial charge is 0.468 e. The molecule has 0 aromatic carbocycles. The molecule has 0 aromatic heterocycles. The first-order valence-electron chi connectivity index (χ1n) is 7.23. The van der Waals surface area contributed by atoms with Crippen LogP contribution in [0, 0.1) is 5.92 Å². The van der Waals surface area contributed by atoms with E-state index in [-0.39, 0.29) is 11.5 Å². The minimum absolute atomic E-state index is 0.0176. The van der Waals surface area contributed by atoms with Crippen LogP contribution in [0.4, 0.5) is 0 Å². The molecular weight excluding hydrogens is 228 g/mol. The second-order valence-electron chi connectivity index (χ2n) is 5.82. The summed E-state index contributed by atoms with van der Waals surface area (Å²) in [5, 5.41) is 3.41. The van der Waals surface area contributed by atoms with Crippen molar-refractivity contribution in [2.45, 2.75) is 44.6 Å². The van der Waals surface area contributed by atoms with Gasteiger partial charge in [-0.05, 0) is 31.7 Å². The smallest absolute Gasteiger partial charge is 0.326 e. The van der Waals surface area contributed by atoms with Crippen LogP contribution in [0.15, 0.2) is 0 Å². The second-order valence-corrected chi connectivity index (χ2v) is 5.82. The van der Waals surface area contributed by atoms with E-state index in [9.17, 15) is 4.79 Å². The van der Waals surface area contributed by atoms with Crippen molar-refractivity contribution in [3.05, 3.63) is 0 Å². The van der Waals surface area contributed by atoms with Gasteiger partial charge in [0.15, 0.2) is 0 Å². The minimum Gasteiger partial charge on any atom is -0.468 e. The van der Waals surface area contributed by atoms with Crippen molar-refractivity contribution in [3.63, 3.8) is 0 Å². The number of hydrogen-bond acceptors (Lipinski definition) is 4. The molecule has 4 heteroatoms. The third kappa shape index (κ3) is 2.69. The third-order valence-electron chi connectivity index (χ3n) is 4.48. The number of nitrogens with zero attached hydrogens (tertiary/aromatic N) is 1. The van der Waals surface area contributed by atoms with Crippen molar-refractivity contribution in [3.8, 4) is 0 Å². The van der Waals surface area contributed by atoms with Gasteiger partial charge in [-0.1, -0.05) is 19.8 Å². The first-order chi connectivity index (χ1) is 8.69. The Bertz CT molecular complexity index is 288. The summed E-state index contributed by atoms with van der Waals surface area (Å²) in [6.45, 7) is 6.26. The quantitative estimate of drug-likeness (QED) is 0.756. The molecule has 1 saturated heterocycles. The number of carbonyl (C=O) groups is 1. The molecule has 18 heavy (non-hydrogen) atoms.